The number of likely N-dealkylation sites (N-methyl/N-ethyl adjacent to an activating group) is 1. The van der Waals surface area contributed by atoms with E-state index in [2.05, 4.69) is 5.32 Å². The minimum Gasteiger partial charge on any atom is -0.464 e. The molecule has 6 nitrogen and oxygen atoms in total. The number of carbonyl (C=O) groups is 2. The van der Waals surface area contributed by atoms with E-state index in [-0.39, 0.29) is 19.8 Å². The monoisotopic (exact) mass is 219 g/mol. The van der Waals surface area contributed by atoms with Crippen molar-refractivity contribution in [3.8, 4) is 0 Å². The summed E-state index contributed by atoms with van der Waals surface area (Å²) in [5.41, 5.74) is -0.933. The summed E-state index contributed by atoms with van der Waals surface area (Å²) >= 11 is 0. The third-order valence-corrected chi connectivity index (χ3v) is 1.94. The molecule has 0 rings (SSSR count). The van der Waals surface area contributed by atoms with E-state index in [9.17, 15) is 9.59 Å². The molecule has 0 heterocycles. The van der Waals surface area contributed by atoms with Crippen molar-refractivity contribution in [2.45, 2.75) is 19.4 Å². The van der Waals surface area contributed by atoms with Crippen molar-refractivity contribution in [1.29, 1.82) is 0 Å². The van der Waals surface area contributed by atoms with Crippen LogP contribution in [0.15, 0.2) is 0 Å². The van der Waals surface area contributed by atoms with Crippen LogP contribution in [0.2, 0.25) is 0 Å². The summed E-state index contributed by atoms with van der Waals surface area (Å²) in [4.78, 5) is 21.2. The molecular formula is C9H17NO5. The zero-order valence-electron chi connectivity index (χ0n) is 9.20. The van der Waals surface area contributed by atoms with E-state index in [1.807, 2.05) is 0 Å². The zero-order chi connectivity index (χ0) is 11.9. The van der Waals surface area contributed by atoms with E-state index in [0.717, 1.165) is 0 Å². The molecule has 0 spiro atoms. The third kappa shape index (κ3) is 5.34. The molecule has 0 aliphatic heterocycles. The molecule has 0 saturated heterocycles. The van der Waals surface area contributed by atoms with Crippen LogP contribution in [0.1, 0.15) is 13.8 Å². The van der Waals surface area contributed by atoms with E-state index in [4.69, 9.17) is 14.6 Å². The van der Waals surface area contributed by atoms with Gasteiger partial charge in [0.15, 0.2) is 0 Å². The van der Waals surface area contributed by atoms with E-state index < -0.39 is 17.5 Å². The standard InChI is InChI=1S/C9H17NO5/c1-7(12)14-5-9(4-11,10-3)6-15-8(2)13/h10-11H,4-6H2,1-3H3. The highest BCUT2D eigenvalue weighted by molar-refractivity contribution is 5.66. The van der Waals surface area contributed by atoms with Crippen LogP contribution in [0.3, 0.4) is 0 Å². The van der Waals surface area contributed by atoms with Gasteiger partial charge in [-0.2, -0.15) is 0 Å². The van der Waals surface area contributed by atoms with Gasteiger partial charge in [-0.3, -0.25) is 9.59 Å². The molecule has 0 unspecified atom stereocenters. The molecule has 0 fully saturated rings. The van der Waals surface area contributed by atoms with Crippen molar-refractivity contribution < 1.29 is 24.2 Å². The fourth-order valence-corrected chi connectivity index (χ4v) is 0.836. The SMILES string of the molecule is CNC(CO)(COC(C)=O)COC(C)=O. The smallest absolute Gasteiger partial charge is 0.302 e. The van der Waals surface area contributed by atoms with Gasteiger partial charge in [0.2, 0.25) is 0 Å². The number of aliphatic hydroxyl groups excluding tert-OH is 1. The lowest BCUT2D eigenvalue weighted by Crippen LogP contribution is -2.54. The normalized spacial score (nSPS) is 10.9. The lowest BCUT2D eigenvalue weighted by atomic mass is 10.0. The van der Waals surface area contributed by atoms with Gasteiger partial charge < -0.3 is 19.9 Å². The Morgan fingerprint density at radius 2 is 1.60 bits per heavy atom. The predicted octanol–water partition coefficient (Wildman–Crippen LogP) is -0.937. The summed E-state index contributed by atoms with van der Waals surface area (Å²) in [6.45, 7) is 2.13. The largest absolute Gasteiger partial charge is 0.464 e. The summed E-state index contributed by atoms with van der Waals surface area (Å²) in [7, 11) is 1.59. The summed E-state index contributed by atoms with van der Waals surface area (Å²) in [5.74, 6) is -0.906. The molecule has 0 aromatic heterocycles. The highest BCUT2D eigenvalue weighted by atomic mass is 16.5. The van der Waals surface area contributed by atoms with Crippen molar-refractivity contribution in [2.24, 2.45) is 0 Å². The second kappa shape index (κ2) is 6.36. The average molecular weight is 219 g/mol. The Bertz CT molecular complexity index is 205. The van der Waals surface area contributed by atoms with Crippen molar-refractivity contribution in [3.05, 3.63) is 0 Å². The zero-order valence-corrected chi connectivity index (χ0v) is 9.20. The predicted molar refractivity (Wildman–Crippen MR) is 52.1 cm³/mol. The van der Waals surface area contributed by atoms with Crippen molar-refractivity contribution in [2.75, 3.05) is 26.9 Å². The minimum absolute atomic E-state index is 0.0530. The molecule has 0 aliphatic carbocycles. The van der Waals surface area contributed by atoms with Crippen LogP contribution in [0, 0.1) is 0 Å². The maximum Gasteiger partial charge on any atom is 0.302 e. The molecule has 0 aromatic carbocycles. The molecule has 15 heavy (non-hydrogen) atoms. The van der Waals surface area contributed by atoms with Crippen LogP contribution < -0.4 is 5.32 Å². The fourth-order valence-electron chi connectivity index (χ4n) is 0.836. The number of carbonyl (C=O) groups excluding carboxylic acids is 2. The molecule has 0 atom stereocenters. The first kappa shape index (κ1) is 13.9. The molecule has 0 amide bonds. The lowest BCUT2D eigenvalue weighted by molar-refractivity contribution is -0.149. The number of rotatable bonds is 6. The quantitative estimate of drug-likeness (QED) is 0.561. The molecule has 0 radical (unpaired) electrons. The fraction of sp³-hybridized carbons (Fsp3) is 0.778. The Labute approximate surface area is 88.6 Å². The number of nitrogens with one attached hydrogen (secondary N) is 1. The average Bonchev–Trinajstić information content (AvgIpc) is 2.19. The summed E-state index contributed by atoms with van der Waals surface area (Å²) < 4.78 is 9.54. The first-order valence-corrected chi connectivity index (χ1v) is 4.52. The van der Waals surface area contributed by atoms with Crippen LogP contribution in [0.5, 0.6) is 0 Å². The summed E-state index contributed by atoms with van der Waals surface area (Å²) in [6, 6.07) is 0. The number of aliphatic hydroxyl groups is 1. The number of hydrogen-bond donors (Lipinski definition) is 2. The highest BCUT2D eigenvalue weighted by Crippen LogP contribution is 2.05. The Balaban J connectivity index is 4.29. The Kier molecular flexibility index (Phi) is 5.88. The summed E-state index contributed by atoms with van der Waals surface area (Å²) in [5, 5.41) is 11.9. The van der Waals surface area contributed by atoms with Gasteiger partial charge in [-0.15, -0.1) is 0 Å². The Hall–Kier alpha value is -1.14. The topological polar surface area (TPSA) is 84.9 Å². The van der Waals surface area contributed by atoms with Gasteiger partial charge in [-0.1, -0.05) is 0 Å². The maximum atomic E-state index is 10.6. The van der Waals surface area contributed by atoms with Crippen LogP contribution in [-0.4, -0.2) is 49.5 Å². The van der Waals surface area contributed by atoms with Crippen LogP contribution in [-0.2, 0) is 19.1 Å². The van der Waals surface area contributed by atoms with Crippen molar-refractivity contribution >= 4 is 11.9 Å². The van der Waals surface area contributed by atoms with E-state index in [1.165, 1.54) is 13.8 Å². The Morgan fingerprint density at radius 1 is 1.20 bits per heavy atom. The van der Waals surface area contributed by atoms with Crippen LogP contribution in [0.4, 0.5) is 0 Å². The minimum atomic E-state index is -0.933. The molecule has 0 saturated carbocycles. The molecule has 0 bridgehead atoms. The van der Waals surface area contributed by atoms with Gasteiger partial charge in [0.1, 0.15) is 18.8 Å². The van der Waals surface area contributed by atoms with Crippen molar-refractivity contribution in [3.63, 3.8) is 0 Å². The van der Waals surface area contributed by atoms with Gasteiger partial charge in [0.05, 0.1) is 6.61 Å². The van der Waals surface area contributed by atoms with Crippen LogP contribution >= 0.6 is 0 Å². The summed E-state index contributed by atoms with van der Waals surface area (Å²) in [6.07, 6.45) is 0. The van der Waals surface area contributed by atoms with E-state index in [0.29, 0.717) is 0 Å². The van der Waals surface area contributed by atoms with Gasteiger partial charge in [0, 0.05) is 13.8 Å². The number of esters is 2. The molecule has 0 aromatic rings. The first-order chi connectivity index (χ1) is 6.95. The van der Waals surface area contributed by atoms with Crippen LogP contribution in [0.25, 0.3) is 0 Å². The van der Waals surface area contributed by atoms with E-state index >= 15 is 0 Å². The van der Waals surface area contributed by atoms with E-state index in [1.54, 1.807) is 7.05 Å². The Morgan fingerprint density at radius 3 is 1.80 bits per heavy atom. The second-order valence-corrected chi connectivity index (χ2v) is 3.25. The molecular weight excluding hydrogens is 202 g/mol. The third-order valence-electron chi connectivity index (χ3n) is 1.94. The number of hydrogen-bond acceptors (Lipinski definition) is 6. The van der Waals surface area contributed by atoms with Gasteiger partial charge in [0.25, 0.3) is 0 Å². The van der Waals surface area contributed by atoms with Gasteiger partial charge in [-0.05, 0) is 7.05 Å². The molecule has 0 aliphatic rings. The van der Waals surface area contributed by atoms with Gasteiger partial charge in [-0.25, -0.2) is 0 Å². The number of ether oxygens (including phenoxy) is 2. The molecule has 6 heteroatoms. The van der Waals surface area contributed by atoms with Gasteiger partial charge >= 0.3 is 11.9 Å². The van der Waals surface area contributed by atoms with Crippen molar-refractivity contribution in [1.82, 2.24) is 5.32 Å². The molecule has 88 valence electrons. The highest BCUT2D eigenvalue weighted by Gasteiger charge is 2.30. The second-order valence-electron chi connectivity index (χ2n) is 3.25. The maximum absolute atomic E-state index is 10.6. The lowest BCUT2D eigenvalue weighted by Gasteiger charge is -2.29. The first-order valence-electron chi connectivity index (χ1n) is 4.52. The molecule has 2 N–H and O–H groups in total.